The fourth-order valence-corrected chi connectivity index (χ4v) is 7.31. The van der Waals surface area contributed by atoms with Crippen LogP contribution < -0.4 is 56.8 Å². The Labute approximate surface area is 713 Å². The smallest absolute Gasteiger partial charge is 1.00 e. The molecule has 0 saturated carbocycles. The normalized spacial score (nSPS) is 14.6. The number of aliphatic hydroxyl groups is 5. The van der Waals surface area contributed by atoms with E-state index >= 15 is 0 Å². The monoisotopic (exact) mass is 1760 g/mol. The van der Waals surface area contributed by atoms with Gasteiger partial charge in [-0.3, -0.25) is 6.58 Å². The molecule has 0 aromatic heterocycles. The summed E-state index contributed by atoms with van der Waals surface area (Å²) in [5.41, 5.74) is 4.73. The molecule has 14 atom stereocenters. The molecule has 15 N–H and O–H groups in total. The van der Waals surface area contributed by atoms with Gasteiger partial charge in [0.2, 0.25) is 0 Å². The number of hydrogen-bond acceptors (Lipinski definition) is 25. The summed E-state index contributed by atoms with van der Waals surface area (Å²) >= 11 is -6.35. The molecule has 0 saturated heterocycles. The van der Waals surface area contributed by atoms with Crippen molar-refractivity contribution in [1.29, 1.82) is 0 Å². The first-order chi connectivity index (χ1) is 46.4. The van der Waals surface area contributed by atoms with Crippen LogP contribution in [-0.4, -0.2) is 225 Å². The number of hydrogen-bond donors (Lipinski definition) is 13. The van der Waals surface area contributed by atoms with Gasteiger partial charge in [-0.25, -0.2) is 4.79 Å². The van der Waals surface area contributed by atoms with Crippen LogP contribution in [0.15, 0.2) is 44.5 Å². The van der Waals surface area contributed by atoms with Gasteiger partial charge in [0, 0.05) is 161 Å². The molecule has 0 bridgehead atoms. The molecule has 0 spiro atoms. The number of ether oxygens (including phenoxy) is 6. The fraction of sp³-hybridized carbons (Fsp3) is 0.873. The van der Waals surface area contributed by atoms with E-state index in [-0.39, 0.29) is 160 Å². The van der Waals surface area contributed by atoms with Gasteiger partial charge in [-0.05, 0) is 263 Å². The molecule has 0 aliphatic carbocycles. The molecule has 0 aromatic rings. The van der Waals surface area contributed by atoms with Crippen molar-refractivity contribution in [2.75, 3.05) is 59.5 Å². The number of nitrogens with one attached hydrogen (secondary N) is 6. The number of rotatable bonds is 24. The standard InChI is InChI=1S/C9H17NO2.4C8H19NO2S.C8H17NOS.C4H11NOS.C4H9N.C4H10O2.4C2H6O.C2H3.BrH.Mg.Ti/c1-6-7(2)10-8(11)12-9(3,4)5;4*1-6-11-7(2)9-12(10)8(3,4)5;1-6-7(2)9-11(10)8(3,4)5;1-4(2,3)7(5)6;1-3-4(2)5;1-3-6-4(2)5;4*1-2-3;1-2;;;/h6-7H,1H2,2-5H3,(H,10,11);4*7,9H,6H2,1-5H3;6-7,9H,1H2,2-5H3;5H2,1-3H3;3-4H,1,5H2,2H3;4-5H,3H2,1-2H3;4*3H,2H2,1H3;1H,2H2;1H;;/q;;;;;;;;;;;;;-1;;+2;/p-1/t7-;4*7-,12?;7-,11?;;4-;;;;;;;;;/m111001.1........./s1. The Morgan fingerprint density at radius 2 is 0.594 bits per heavy atom. The summed E-state index contributed by atoms with van der Waals surface area (Å²) in [5, 5.41) is 46.3. The van der Waals surface area contributed by atoms with E-state index < -0.39 is 86.2 Å². The zero-order chi connectivity index (χ0) is 86.1. The Bertz CT molecular complexity index is 1630. The van der Waals surface area contributed by atoms with Gasteiger partial charge in [-0.2, -0.15) is 5.14 Å². The average molecular weight is 1770 g/mol. The SMILES string of the molecule is C=C[C@@H](C)N.C=C[C@@H](C)NC(=O)OC(C)(C)C.C=C[C@@H](C)N[S+]([O-])C(C)(C)C.CC(C)(C)[S+](N)[O-].CCO.CCO.CCO.CCO.CCOC(C)O.CCO[C@@H](C)N[S+]([O-])C(C)(C)C.CCO[C@@H](C)N[S+]([O-])C(C)(C)C.CCO[C@H](C)N[S+]([O-])C(C)(C)C.CCO[C@H](C)N[S+]([O-])C(C)(C)C.[Br-].[CH-]=C.[Mg+2].[Ti]. The molecule has 0 fully saturated rings. The summed E-state index contributed by atoms with van der Waals surface area (Å²) in [6, 6.07) is 0.199. The van der Waals surface area contributed by atoms with Crippen molar-refractivity contribution in [2.24, 2.45) is 10.9 Å². The predicted molar refractivity (Wildman–Crippen MR) is 454 cm³/mol. The fourth-order valence-electron chi connectivity index (χ4n) is 3.63. The van der Waals surface area contributed by atoms with Crippen molar-refractivity contribution in [1.82, 2.24) is 28.9 Å². The number of nitrogens with two attached hydrogens (primary N) is 2. The van der Waals surface area contributed by atoms with E-state index in [1.165, 1.54) is 0 Å². The molecule has 0 radical (unpaired) electrons. The molecule has 1 amide bonds. The quantitative estimate of drug-likeness (QED) is 0.0144. The molecule has 7 unspecified atom stereocenters. The molecule has 106 heavy (non-hydrogen) atoms. The Morgan fingerprint density at radius 1 is 0.425 bits per heavy atom. The largest absolute Gasteiger partial charge is 2.00 e. The summed E-state index contributed by atoms with van der Waals surface area (Å²) < 4.78 is 111. The maximum absolute atomic E-state index is 11.5. The summed E-state index contributed by atoms with van der Waals surface area (Å²) in [4.78, 5) is 11.0. The number of carbonyl (C=O) groups is 1. The van der Waals surface area contributed by atoms with E-state index in [0.717, 1.165) is 0 Å². The summed E-state index contributed by atoms with van der Waals surface area (Å²) in [5.74, 6) is 0. The Morgan fingerprint density at radius 3 is 0.698 bits per heavy atom. The van der Waals surface area contributed by atoms with Crippen LogP contribution in [0, 0.1) is 6.58 Å². The number of aliphatic hydroxyl groups excluding tert-OH is 5. The van der Waals surface area contributed by atoms with Gasteiger partial charge in [0.15, 0.2) is 6.29 Å². The maximum Gasteiger partial charge on any atom is 2.00 e. The van der Waals surface area contributed by atoms with Crippen LogP contribution in [-0.2, 0) is 118 Å². The molecular formula is C71H167BrMgN8O18S6Ti. The molecule has 0 aromatic carbocycles. The third kappa shape index (κ3) is 150. The molecule has 648 valence electrons. The third-order valence-corrected chi connectivity index (χ3v) is 18.2. The number of carbonyl (C=O) groups excluding carboxylic acids is 1. The second-order valence-electron chi connectivity index (χ2n) is 27.4. The van der Waals surface area contributed by atoms with Crippen molar-refractivity contribution in [3.05, 3.63) is 51.1 Å². The topological polar surface area (TPSA) is 436 Å². The third-order valence-electron chi connectivity index (χ3n) is 8.67. The van der Waals surface area contributed by atoms with Crippen LogP contribution in [0.5, 0.6) is 0 Å². The van der Waals surface area contributed by atoms with E-state index in [4.69, 9.17) is 60.1 Å². The van der Waals surface area contributed by atoms with Crippen LogP contribution in [0.1, 0.15) is 263 Å². The summed E-state index contributed by atoms with van der Waals surface area (Å²) in [7, 11) is 0. The molecule has 35 heteroatoms. The van der Waals surface area contributed by atoms with Crippen LogP contribution in [0.25, 0.3) is 0 Å². The first kappa shape index (κ1) is 149. The summed E-state index contributed by atoms with van der Waals surface area (Å²) in [6.07, 6.45) is 3.49. The number of halogens is 1. The number of amides is 1. The maximum atomic E-state index is 11.5. The van der Waals surface area contributed by atoms with E-state index in [1.54, 1.807) is 52.8 Å². The van der Waals surface area contributed by atoms with Crippen LogP contribution >= 0.6 is 0 Å². The van der Waals surface area contributed by atoms with Gasteiger partial charge in [-0.15, -0.1) is 43.3 Å². The van der Waals surface area contributed by atoms with Crippen LogP contribution in [0.4, 0.5) is 4.79 Å². The second kappa shape index (κ2) is 93.5. The van der Waals surface area contributed by atoms with Crippen molar-refractivity contribution in [2.45, 2.75) is 347 Å². The van der Waals surface area contributed by atoms with Crippen molar-refractivity contribution in [3.8, 4) is 0 Å². The van der Waals surface area contributed by atoms with E-state index in [9.17, 15) is 32.1 Å². The predicted octanol–water partition coefficient (Wildman–Crippen LogP) is 7.89. The van der Waals surface area contributed by atoms with Crippen molar-refractivity contribution in [3.63, 3.8) is 0 Å². The average Bonchev–Trinajstić information content (AvgIpc) is 0.932. The number of alkyl carbamates (subject to hydrolysis) is 1. The van der Waals surface area contributed by atoms with Crippen LogP contribution in [0.2, 0.25) is 0 Å². The first-order valence-electron chi connectivity index (χ1n) is 34.7. The van der Waals surface area contributed by atoms with Crippen LogP contribution in [0.3, 0.4) is 0 Å². The zero-order valence-electron chi connectivity index (χ0n) is 73.9. The summed E-state index contributed by atoms with van der Waals surface area (Å²) in [6.45, 7) is 92.5. The minimum atomic E-state index is -1.18. The second-order valence-corrected chi connectivity index (χ2v) is 39.2. The molecule has 0 aliphatic heterocycles. The van der Waals surface area contributed by atoms with E-state index in [2.05, 4.69) is 66.6 Å². The van der Waals surface area contributed by atoms with E-state index in [0.29, 0.717) is 33.0 Å². The molecular weight excluding hydrogens is 1600 g/mol. The van der Waals surface area contributed by atoms with Gasteiger partial charge >= 0.3 is 29.1 Å². The Hall–Kier alpha value is 1.37. The molecule has 0 heterocycles. The minimum Gasteiger partial charge on any atom is -1.00 e. The van der Waals surface area contributed by atoms with Gasteiger partial charge in [0.05, 0.1) is 6.04 Å². The Kier molecular flexibility index (Phi) is 131. The van der Waals surface area contributed by atoms with Gasteiger partial charge in [0.25, 0.3) is 0 Å². The molecule has 0 rings (SSSR count). The Balaban J connectivity index is -0.0000000551. The van der Waals surface area contributed by atoms with Gasteiger partial charge in [-0.1, -0.05) is 18.2 Å². The minimum absolute atomic E-state index is 0. The first-order valence-corrected chi connectivity index (χ1v) is 41.6. The van der Waals surface area contributed by atoms with Gasteiger partial charge < -0.3 is 116 Å². The molecule has 0 aliphatic rings. The molecule has 26 nitrogen and oxygen atoms in total. The van der Waals surface area contributed by atoms with Gasteiger partial charge in [0.1, 0.15) is 59.0 Å². The van der Waals surface area contributed by atoms with Crippen molar-refractivity contribution >= 4 is 97.3 Å². The van der Waals surface area contributed by atoms with E-state index in [1.807, 2.05) is 228 Å². The zero-order valence-corrected chi connectivity index (χ0v) is 83.3. The van der Waals surface area contributed by atoms with Crippen molar-refractivity contribution < 1.29 is 125 Å².